The fourth-order valence-corrected chi connectivity index (χ4v) is 8.75. The molecular formula is C38H22S2. The lowest BCUT2D eigenvalue weighted by atomic mass is 9.84. The molecule has 0 nitrogen and oxygen atoms in total. The second kappa shape index (κ2) is 8.50. The molecule has 0 aliphatic carbocycles. The summed E-state index contributed by atoms with van der Waals surface area (Å²) < 4.78 is 4.08. The van der Waals surface area contributed by atoms with Crippen molar-refractivity contribution >= 4 is 85.2 Å². The van der Waals surface area contributed by atoms with Crippen LogP contribution in [0.1, 0.15) is 0 Å². The molecule has 0 saturated carbocycles. The maximum Gasteiger partial charge on any atom is 0.0448 e. The first-order valence-electron chi connectivity index (χ1n) is 13.6. The summed E-state index contributed by atoms with van der Waals surface area (Å²) in [7, 11) is 0. The van der Waals surface area contributed by atoms with Crippen molar-refractivity contribution < 1.29 is 0 Å². The lowest BCUT2D eigenvalue weighted by Gasteiger charge is -2.19. The molecule has 2 heteroatoms. The second-order valence-electron chi connectivity index (χ2n) is 10.5. The standard InChI is InChI=1S/C38H22S2/c1-2-10-24-21-25(18-17-23(24)9-1)35-26-11-3-5-13-28(26)36(29-14-6-4-12-27(29)35)32-22-34-31(19-20-39-34)38-37(32)30-15-7-8-16-33(30)40-38/h1-22H. The van der Waals surface area contributed by atoms with Gasteiger partial charge in [0.15, 0.2) is 0 Å². The molecule has 0 atom stereocenters. The van der Waals surface area contributed by atoms with Crippen LogP contribution in [0.15, 0.2) is 133 Å². The van der Waals surface area contributed by atoms with Gasteiger partial charge in [-0.2, -0.15) is 0 Å². The van der Waals surface area contributed by atoms with Gasteiger partial charge in [-0.05, 0) is 84.2 Å². The van der Waals surface area contributed by atoms with Crippen molar-refractivity contribution in [1.29, 1.82) is 0 Å². The minimum absolute atomic E-state index is 1.26. The molecule has 2 heterocycles. The predicted molar refractivity (Wildman–Crippen MR) is 178 cm³/mol. The van der Waals surface area contributed by atoms with Crippen LogP contribution in [0.3, 0.4) is 0 Å². The Morgan fingerprint density at radius 1 is 0.425 bits per heavy atom. The fraction of sp³-hybridized carbons (Fsp3) is 0. The van der Waals surface area contributed by atoms with Crippen LogP contribution in [-0.2, 0) is 0 Å². The molecule has 9 rings (SSSR count). The lowest BCUT2D eigenvalue weighted by Crippen LogP contribution is -1.91. The smallest absolute Gasteiger partial charge is 0.0448 e. The molecule has 0 radical (unpaired) electrons. The summed E-state index contributed by atoms with van der Waals surface area (Å²) in [5, 5.41) is 14.1. The zero-order valence-corrected chi connectivity index (χ0v) is 23.2. The van der Waals surface area contributed by atoms with Gasteiger partial charge in [0.2, 0.25) is 0 Å². The zero-order valence-electron chi connectivity index (χ0n) is 21.5. The van der Waals surface area contributed by atoms with Gasteiger partial charge in [-0.15, -0.1) is 22.7 Å². The number of hydrogen-bond donors (Lipinski definition) is 0. The van der Waals surface area contributed by atoms with E-state index in [0.29, 0.717) is 0 Å². The number of hydrogen-bond acceptors (Lipinski definition) is 2. The highest BCUT2D eigenvalue weighted by Gasteiger charge is 2.21. The quantitative estimate of drug-likeness (QED) is 0.191. The molecule has 0 aliphatic heterocycles. The molecule has 0 saturated heterocycles. The molecule has 7 aromatic carbocycles. The highest BCUT2D eigenvalue weighted by atomic mass is 32.1. The summed E-state index contributed by atoms with van der Waals surface area (Å²) in [6, 6.07) is 47.2. The Kier molecular flexibility index (Phi) is 4.74. The van der Waals surface area contributed by atoms with Gasteiger partial charge in [0, 0.05) is 30.3 Å². The van der Waals surface area contributed by atoms with Gasteiger partial charge < -0.3 is 0 Å². The largest absolute Gasteiger partial charge is 0.144 e. The molecule has 0 spiro atoms. The molecule has 0 amide bonds. The Hall–Kier alpha value is -4.50. The topological polar surface area (TPSA) is 0 Å². The first-order chi connectivity index (χ1) is 19.8. The van der Waals surface area contributed by atoms with Crippen molar-refractivity contribution in [1.82, 2.24) is 0 Å². The molecule has 0 unspecified atom stereocenters. The maximum atomic E-state index is 2.45. The van der Waals surface area contributed by atoms with Crippen molar-refractivity contribution in [3.8, 4) is 22.3 Å². The Bertz CT molecular complexity index is 2380. The van der Waals surface area contributed by atoms with Gasteiger partial charge in [-0.3, -0.25) is 0 Å². The summed E-state index contributed by atoms with van der Waals surface area (Å²) in [5.74, 6) is 0. The molecule has 2 aromatic heterocycles. The van der Waals surface area contributed by atoms with E-state index in [-0.39, 0.29) is 0 Å². The van der Waals surface area contributed by atoms with E-state index in [9.17, 15) is 0 Å². The van der Waals surface area contributed by atoms with Gasteiger partial charge in [-0.1, -0.05) is 103 Å². The molecule has 9 aromatic rings. The van der Waals surface area contributed by atoms with Crippen molar-refractivity contribution in [2.75, 3.05) is 0 Å². The van der Waals surface area contributed by atoms with E-state index in [4.69, 9.17) is 0 Å². The fourth-order valence-electron chi connectivity index (χ4n) is 6.60. The van der Waals surface area contributed by atoms with Crippen LogP contribution in [0.25, 0.3) is 84.8 Å². The molecule has 40 heavy (non-hydrogen) atoms. The predicted octanol–water partition coefficient (Wildman–Crippen LogP) is 12.1. The second-order valence-corrected chi connectivity index (χ2v) is 12.5. The molecule has 186 valence electrons. The highest BCUT2D eigenvalue weighted by Crippen LogP contribution is 2.50. The zero-order chi connectivity index (χ0) is 26.2. The van der Waals surface area contributed by atoms with E-state index >= 15 is 0 Å². The molecule has 0 N–H and O–H groups in total. The van der Waals surface area contributed by atoms with E-state index < -0.39 is 0 Å². The van der Waals surface area contributed by atoms with E-state index in [1.807, 2.05) is 22.7 Å². The van der Waals surface area contributed by atoms with Gasteiger partial charge in [-0.25, -0.2) is 0 Å². The Morgan fingerprint density at radius 2 is 1.05 bits per heavy atom. The third-order valence-corrected chi connectivity index (χ3v) is 10.4. The van der Waals surface area contributed by atoms with Gasteiger partial charge in [0.1, 0.15) is 0 Å². The van der Waals surface area contributed by atoms with Gasteiger partial charge in [0.05, 0.1) is 0 Å². The van der Waals surface area contributed by atoms with Crippen molar-refractivity contribution in [2.24, 2.45) is 0 Å². The third-order valence-electron chi connectivity index (χ3n) is 8.32. The minimum atomic E-state index is 1.26. The summed E-state index contributed by atoms with van der Waals surface area (Å²) in [4.78, 5) is 0. The Balaban J connectivity index is 1.48. The van der Waals surface area contributed by atoms with Crippen LogP contribution in [0, 0.1) is 0 Å². The number of fused-ring (bicyclic) bond motifs is 8. The van der Waals surface area contributed by atoms with E-state index in [2.05, 4.69) is 133 Å². The van der Waals surface area contributed by atoms with E-state index in [1.165, 1.54) is 84.8 Å². The van der Waals surface area contributed by atoms with Crippen LogP contribution in [-0.4, -0.2) is 0 Å². The number of rotatable bonds is 2. The molecular weight excluding hydrogens is 521 g/mol. The summed E-state index contributed by atoms with van der Waals surface area (Å²) >= 11 is 3.76. The average Bonchev–Trinajstić information content (AvgIpc) is 3.64. The summed E-state index contributed by atoms with van der Waals surface area (Å²) in [6.07, 6.45) is 0. The number of benzene rings is 7. The Morgan fingerprint density at radius 3 is 1.80 bits per heavy atom. The first-order valence-corrected chi connectivity index (χ1v) is 15.3. The highest BCUT2D eigenvalue weighted by molar-refractivity contribution is 7.27. The summed E-state index contributed by atoms with van der Waals surface area (Å²) in [5.41, 5.74) is 5.24. The van der Waals surface area contributed by atoms with Crippen molar-refractivity contribution in [3.05, 3.63) is 133 Å². The van der Waals surface area contributed by atoms with Crippen LogP contribution in [0.4, 0.5) is 0 Å². The third kappa shape index (κ3) is 3.12. The van der Waals surface area contributed by atoms with Crippen LogP contribution < -0.4 is 0 Å². The van der Waals surface area contributed by atoms with Gasteiger partial charge >= 0.3 is 0 Å². The monoisotopic (exact) mass is 542 g/mol. The van der Waals surface area contributed by atoms with E-state index in [0.717, 1.165) is 0 Å². The van der Waals surface area contributed by atoms with Crippen molar-refractivity contribution in [3.63, 3.8) is 0 Å². The first kappa shape index (κ1) is 22.3. The maximum absolute atomic E-state index is 2.45. The van der Waals surface area contributed by atoms with Crippen molar-refractivity contribution in [2.45, 2.75) is 0 Å². The average molecular weight is 543 g/mol. The normalized spacial score (nSPS) is 12.0. The Labute approximate surface area is 239 Å². The van der Waals surface area contributed by atoms with Crippen LogP contribution in [0.5, 0.6) is 0 Å². The van der Waals surface area contributed by atoms with Crippen LogP contribution in [0.2, 0.25) is 0 Å². The SMILES string of the molecule is c1ccc2cc(-c3c4ccccc4c(-c4cc5sccc5c5sc6ccccc6c45)c4ccccc34)ccc2c1. The van der Waals surface area contributed by atoms with Gasteiger partial charge in [0.25, 0.3) is 0 Å². The minimum Gasteiger partial charge on any atom is -0.144 e. The van der Waals surface area contributed by atoms with E-state index in [1.54, 1.807) is 0 Å². The molecule has 0 aliphatic rings. The molecule has 0 bridgehead atoms. The summed E-state index contributed by atoms with van der Waals surface area (Å²) in [6.45, 7) is 0. The van der Waals surface area contributed by atoms with Crippen LogP contribution >= 0.6 is 22.7 Å². The number of thiophene rings is 2. The lowest BCUT2D eigenvalue weighted by molar-refractivity contribution is 1.69. The molecule has 0 fully saturated rings.